The van der Waals surface area contributed by atoms with Gasteiger partial charge < -0.3 is 10.1 Å². The number of rotatable bonds is 5. The van der Waals surface area contributed by atoms with Crippen molar-refractivity contribution in [3.05, 3.63) is 40.4 Å². The molecule has 0 saturated carbocycles. The first kappa shape index (κ1) is 13.9. The van der Waals surface area contributed by atoms with Gasteiger partial charge in [0.15, 0.2) is 0 Å². The second-order valence-electron chi connectivity index (χ2n) is 3.35. The Hall–Kier alpha value is -1.19. The van der Waals surface area contributed by atoms with Gasteiger partial charge >= 0.3 is 0 Å². The second kappa shape index (κ2) is 6.52. The average Bonchev–Trinajstić information content (AvgIpc) is 2.30. The number of ether oxygens (including phenoxy) is 1. The Morgan fingerprint density at radius 1 is 1.47 bits per heavy atom. The number of amides is 1. The number of halogens is 2. The Morgan fingerprint density at radius 2 is 2.18 bits per heavy atom. The van der Waals surface area contributed by atoms with Crippen LogP contribution in [0.15, 0.2) is 24.8 Å². The summed E-state index contributed by atoms with van der Waals surface area (Å²) >= 11 is 12.0. The molecule has 0 bridgehead atoms. The average molecular weight is 274 g/mol. The van der Waals surface area contributed by atoms with E-state index in [1.807, 2.05) is 0 Å². The van der Waals surface area contributed by atoms with Crippen LogP contribution in [-0.4, -0.2) is 19.6 Å². The molecule has 3 nitrogen and oxygen atoms in total. The summed E-state index contributed by atoms with van der Waals surface area (Å²) in [6.45, 7) is 3.95. The van der Waals surface area contributed by atoms with Crippen LogP contribution in [0.1, 0.15) is 5.56 Å². The maximum Gasteiger partial charge on any atom is 0.224 e. The van der Waals surface area contributed by atoms with Crippen LogP contribution >= 0.6 is 23.2 Å². The molecule has 0 aromatic heterocycles. The van der Waals surface area contributed by atoms with Gasteiger partial charge in [-0.2, -0.15) is 0 Å². The lowest BCUT2D eigenvalue weighted by atomic mass is 10.1. The van der Waals surface area contributed by atoms with Crippen molar-refractivity contribution in [2.24, 2.45) is 0 Å². The third kappa shape index (κ3) is 3.95. The Kier molecular flexibility index (Phi) is 5.32. The molecule has 1 rings (SSSR count). The SMILES string of the molecule is C=CCNC(=O)Cc1cc(Cl)c(OC)cc1Cl. The minimum absolute atomic E-state index is 0.131. The molecule has 0 spiro atoms. The predicted molar refractivity (Wildman–Crippen MR) is 69.9 cm³/mol. The molecule has 0 radical (unpaired) electrons. The van der Waals surface area contributed by atoms with Crippen LogP contribution < -0.4 is 10.1 Å². The molecule has 0 unspecified atom stereocenters. The largest absolute Gasteiger partial charge is 0.495 e. The first-order valence-corrected chi connectivity index (χ1v) is 5.73. The summed E-state index contributed by atoms with van der Waals surface area (Å²) in [5.74, 6) is 0.361. The first-order chi connectivity index (χ1) is 8.08. The number of nitrogens with one attached hydrogen (secondary N) is 1. The highest BCUT2D eigenvalue weighted by atomic mass is 35.5. The van der Waals surface area contributed by atoms with E-state index in [1.165, 1.54) is 7.11 Å². The standard InChI is InChI=1S/C12H13Cl2NO2/c1-3-4-15-12(16)6-8-5-10(14)11(17-2)7-9(8)13/h3,5,7H,1,4,6H2,2H3,(H,15,16). The smallest absolute Gasteiger partial charge is 0.224 e. The minimum Gasteiger partial charge on any atom is -0.495 e. The van der Waals surface area contributed by atoms with Crippen molar-refractivity contribution in [2.75, 3.05) is 13.7 Å². The molecule has 0 heterocycles. The van der Waals surface area contributed by atoms with E-state index in [4.69, 9.17) is 27.9 Å². The molecule has 92 valence electrons. The molecule has 1 N–H and O–H groups in total. The quantitative estimate of drug-likeness (QED) is 0.838. The highest BCUT2D eigenvalue weighted by Crippen LogP contribution is 2.31. The fraction of sp³-hybridized carbons (Fsp3) is 0.250. The fourth-order valence-electron chi connectivity index (χ4n) is 1.28. The molecule has 1 amide bonds. The zero-order valence-corrected chi connectivity index (χ0v) is 10.9. The summed E-state index contributed by atoms with van der Waals surface area (Å²) in [5, 5.41) is 3.56. The summed E-state index contributed by atoms with van der Waals surface area (Å²) in [7, 11) is 1.51. The molecule has 0 saturated heterocycles. The minimum atomic E-state index is -0.131. The normalized spacial score (nSPS) is 9.82. The molecular formula is C12H13Cl2NO2. The van der Waals surface area contributed by atoms with Gasteiger partial charge in [-0.1, -0.05) is 29.3 Å². The molecule has 0 fully saturated rings. The van der Waals surface area contributed by atoms with Crippen LogP contribution in [0.5, 0.6) is 5.75 Å². The molecule has 1 aromatic rings. The van der Waals surface area contributed by atoms with Crippen molar-refractivity contribution in [3.63, 3.8) is 0 Å². The lowest BCUT2D eigenvalue weighted by Gasteiger charge is -2.08. The Morgan fingerprint density at radius 3 is 2.76 bits per heavy atom. The molecule has 0 atom stereocenters. The van der Waals surface area contributed by atoms with Crippen LogP contribution in [0.25, 0.3) is 0 Å². The van der Waals surface area contributed by atoms with Gasteiger partial charge in [-0.05, 0) is 11.6 Å². The van der Waals surface area contributed by atoms with E-state index in [9.17, 15) is 4.79 Å². The summed E-state index contributed by atoms with van der Waals surface area (Å²) in [4.78, 5) is 11.5. The van der Waals surface area contributed by atoms with Gasteiger partial charge in [0.1, 0.15) is 5.75 Å². The number of carbonyl (C=O) groups excluding carboxylic acids is 1. The van der Waals surface area contributed by atoms with Crippen LogP contribution in [0.4, 0.5) is 0 Å². The van der Waals surface area contributed by atoms with Gasteiger partial charge in [-0.3, -0.25) is 4.79 Å². The van der Waals surface area contributed by atoms with E-state index in [0.29, 0.717) is 27.9 Å². The fourth-order valence-corrected chi connectivity index (χ4v) is 1.77. The highest BCUT2D eigenvalue weighted by Gasteiger charge is 2.10. The van der Waals surface area contributed by atoms with E-state index in [-0.39, 0.29) is 12.3 Å². The van der Waals surface area contributed by atoms with Gasteiger partial charge in [-0.15, -0.1) is 6.58 Å². The highest BCUT2D eigenvalue weighted by molar-refractivity contribution is 6.34. The van der Waals surface area contributed by atoms with Crippen LogP contribution in [0, 0.1) is 0 Å². The zero-order valence-electron chi connectivity index (χ0n) is 9.43. The number of methoxy groups -OCH3 is 1. The Labute approximate surface area is 110 Å². The van der Waals surface area contributed by atoms with Gasteiger partial charge in [-0.25, -0.2) is 0 Å². The molecule has 0 aliphatic carbocycles. The molecule has 5 heteroatoms. The molecular weight excluding hydrogens is 261 g/mol. The van der Waals surface area contributed by atoms with Gasteiger partial charge in [0, 0.05) is 17.6 Å². The first-order valence-electron chi connectivity index (χ1n) is 4.98. The molecule has 0 aliphatic rings. The van der Waals surface area contributed by atoms with Crippen molar-refractivity contribution in [2.45, 2.75) is 6.42 Å². The maximum atomic E-state index is 11.5. The lowest BCUT2D eigenvalue weighted by Crippen LogP contribution is -2.25. The Balaban J connectivity index is 2.81. The second-order valence-corrected chi connectivity index (χ2v) is 4.16. The summed E-state index contributed by atoms with van der Waals surface area (Å²) in [6.07, 6.45) is 1.79. The van der Waals surface area contributed by atoms with Gasteiger partial charge in [0.2, 0.25) is 5.91 Å². The number of carbonyl (C=O) groups is 1. The van der Waals surface area contributed by atoms with E-state index >= 15 is 0 Å². The third-order valence-electron chi connectivity index (χ3n) is 2.12. The third-order valence-corrected chi connectivity index (χ3v) is 2.76. The Bertz CT molecular complexity index is 433. The van der Waals surface area contributed by atoms with Gasteiger partial charge in [0.05, 0.1) is 18.6 Å². The van der Waals surface area contributed by atoms with E-state index < -0.39 is 0 Å². The van der Waals surface area contributed by atoms with Crippen molar-refractivity contribution in [1.29, 1.82) is 0 Å². The zero-order chi connectivity index (χ0) is 12.8. The van der Waals surface area contributed by atoms with Crippen molar-refractivity contribution in [1.82, 2.24) is 5.32 Å². The van der Waals surface area contributed by atoms with Crippen molar-refractivity contribution < 1.29 is 9.53 Å². The number of hydrogen-bond donors (Lipinski definition) is 1. The van der Waals surface area contributed by atoms with Gasteiger partial charge in [0.25, 0.3) is 0 Å². The molecule has 0 aliphatic heterocycles. The van der Waals surface area contributed by atoms with Crippen LogP contribution in [0.3, 0.4) is 0 Å². The van der Waals surface area contributed by atoms with Crippen LogP contribution in [-0.2, 0) is 11.2 Å². The summed E-state index contributed by atoms with van der Waals surface area (Å²) in [5.41, 5.74) is 0.666. The molecule has 17 heavy (non-hydrogen) atoms. The monoisotopic (exact) mass is 273 g/mol. The van der Waals surface area contributed by atoms with E-state index in [1.54, 1.807) is 18.2 Å². The topological polar surface area (TPSA) is 38.3 Å². The summed E-state index contributed by atoms with van der Waals surface area (Å²) < 4.78 is 5.02. The summed E-state index contributed by atoms with van der Waals surface area (Å²) in [6, 6.07) is 3.23. The predicted octanol–water partition coefficient (Wildman–Crippen LogP) is 2.85. The number of hydrogen-bond acceptors (Lipinski definition) is 2. The lowest BCUT2D eigenvalue weighted by molar-refractivity contribution is -0.120. The number of benzene rings is 1. The van der Waals surface area contributed by atoms with Crippen molar-refractivity contribution >= 4 is 29.1 Å². The maximum absolute atomic E-state index is 11.5. The van der Waals surface area contributed by atoms with Crippen molar-refractivity contribution in [3.8, 4) is 5.75 Å². The molecule has 1 aromatic carbocycles. The van der Waals surface area contributed by atoms with Crippen LogP contribution in [0.2, 0.25) is 10.0 Å². The van der Waals surface area contributed by atoms with E-state index in [2.05, 4.69) is 11.9 Å². The van der Waals surface area contributed by atoms with E-state index in [0.717, 1.165) is 0 Å².